The van der Waals surface area contributed by atoms with Crippen molar-refractivity contribution in [1.82, 2.24) is 0 Å². The molecule has 4 N–H and O–H groups in total. The van der Waals surface area contributed by atoms with E-state index in [-0.39, 0.29) is 38.8 Å². The molecule has 0 unspecified atom stereocenters. The molecule has 3 aromatic rings. The number of carbonyl (C=O) groups is 1. The van der Waals surface area contributed by atoms with Gasteiger partial charge in [0, 0.05) is 5.92 Å². The number of benzene rings is 2. The fraction of sp³-hybridized carbons (Fsp3) is 0.300. The van der Waals surface area contributed by atoms with E-state index in [0.29, 0.717) is 0 Å². The van der Waals surface area contributed by atoms with E-state index in [0.717, 1.165) is 0 Å². The second kappa shape index (κ2) is 8.08. The number of methoxy groups -OCH3 is 2. The lowest BCUT2D eigenvalue weighted by Gasteiger charge is -2.20. The van der Waals surface area contributed by atoms with Crippen molar-refractivity contribution in [3.63, 3.8) is 0 Å². The summed E-state index contributed by atoms with van der Waals surface area (Å²) in [5.74, 6) is -1.95. The number of esters is 1. The van der Waals surface area contributed by atoms with Crippen molar-refractivity contribution in [1.29, 1.82) is 0 Å². The first-order chi connectivity index (χ1) is 13.9. The van der Waals surface area contributed by atoms with Crippen LogP contribution in [0.15, 0.2) is 33.5 Å². The van der Waals surface area contributed by atoms with Crippen LogP contribution in [0.3, 0.4) is 0 Å². The molecule has 9 heteroatoms. The van der Waals surface area contributed by atoms with Gasteiger partial charge in [-0.3, -0.25) is 4.79 Å². The zero-order valence-electron chi connectivity index (χ0n) is 15.7. The molecule has 2 atom stereocenters. The smallest absolute Gasteiger partial charge is 0.338 e. The molecule has 154 valence electrons. The molecule has 1 heterocycles. The number of phenols is 1. The van der Waals surface area contributed by atoms with Crippen LogP contribution in [0, 0.1) is 0 Å². The van der Waals surface area contributed by atoms with Gasteiger partial charge in [0.2, 0.25) is 5.43 Å². The van der Waals surface area contributed by atoms with E-state index < -0.39 is 42.4 Å². The van der Waals surface area contributed by atoms with E-state index in [9.17, 15) is 30.0 Å². The summed E-state index contributed by atoms with van der Waals surface area (Å²) in [6.07, 6.45) is -1.29. The summed E-state index contributed by atoms with van der Waals surface area (Å²) in [7, 11) is 2.54. The molecular formula is C20H20O9. The van der Waals surface area contributed by atoms with Crippen molar-refractivity contribution in [3.8, 4) is 11.5 Å². The number of carbonyl (C=O) groups excluding carboxylic acids is 1. The normalized spacial score (nSPS) is 13.4. The van der Waals surface area contributed by atoms with Crippen LogP contribution < -0.4 is 10.2 Å². The summed E-state index contributed by atoms with van der Waals surface area (Å²) in [5.41, 5.74) is -0.530. The fourth-order valence-electron chi connectivity index (χ4n) is 3.29. The van der Waals surface area contributed by atoms with Crippen LogP contribution in [-0.4, -0.2) is 59.9 Å². The van der Waals surface area contributed by atoms with Crippen LogP contribution in [0.5, 0.6) is 11.5 Å². The predicted octanol–water partition coefficient (Wildman–Crippen LogP) is 0.876. The Kier molecular flexibility index (Phi) is 5.73. The third kappa shape index (κ3) is 3.39. The molecule has 0 saturated carbocycles. The quantitative estimate of drug-likeness (QED) is 0.347. The molecule has 9 nitrogen and oxygen atoms in total. The standard InChI is InChI=1S/C20H20O9/c1-27-14-4-3-10(20(26)28-2)16-18(25)17-12(23)5-9(6-15(17)29-19(14)16)11(7-21)13(24)8-22/h3-6,11,13,21-24H,7-8H2,1-2H3/t11-,13+/m0/s1. The number of hydrogen-bond acceptors (Lipinski definition) is 9. The van der Waals surface area contributed by atoms with Crippen molar-refractivity contribution in [2.75, 3.05) is 27.4 Å². The number of aliphatic hydroxyl groups excluding tert-OH is 3. The lowest BCUT2D eigenvalue weighted by atomic mass is 9.93. The number of fused-ring (bicyclic) bond motifs is 2. The van der Waals surface area contributed by atoms with Crippen LogP contribution in [0.1, 0.15) is 21.8 Å². The van der Waals surface area contributed by atoms with Gasteiger partial charge in [0.25, 0.3) is 0 Å². The molecule has 0 bridgehead atoms. The molecule has 0 amide bonds. The minimum Gasteiger partial charge on any atom is -0.507 e. The molecular weight excluding hydrogens is 384 g/mol. The number of rotatable bonds is 6. The fourth-order valence-corrected chi connectivity index (χ4v) is 3.29. The first-order valence-corrected chi connectivity index (χ1v) is 8.66. The summed E-state index contributed by atoms with van der Waals surface area (Å²) >= 11 is 0. The van der Waals surface area contributed by atoms with Gasteiger partial charge < -0.3 is 34.3 Å². The highest BCUT2D eigenvalue weighted by Crippen LogP contribution is 2.35. The predicted molar refractivity (Wildman–Crippen MR) is 102 cm³/mol. The van der Waals surface area contributed by atoms with E-state index in [1.54, 1.807) is 0 Å². The highest BCUT2D eigenvalue weighted by molar-refractivity contribution is 6.07. The van der Waals surface area contributed by atoms with Crippen molar-refractivity contribution in [2.45, 2.75) is 12.0 Å². The first-order valence-electron chi connectivity index (χ1n) is 8.66. The molecule has 0 radical (unpaired) electrons. The van der Waals surface area contributed by atoms with Crippen LogP contribution in [0.4, 0.5) is 0 Å². The topological polar surface area (TPSA) is 147 Å². The van der Waals surface area contributed by atoms with E-state index in [1.807, 2.05) is 0 Å². The number of aromatic hydroxyl groups is 1. The summed E-state index contributed by atoms with van der Waals surface area (Å²) < 4.78 is 15.7. The van der Waals surface area contributed by atoms with Gasteiger partial charge in [-0.05, 0) is 29.8 Å². The minimum atomic E-state index is -1.29. The van der Waals surface area contributed by atoms with E-state index >= 15 is 0 Å². The van der Waals surface area contributed by atoms with Gasteiger partial charge in [0.05, 0.1) is 44.5 Å². The maximum absolute atomic E-state index is 13.1. The maximum Gasteiger partial charge on any atom is 0.338 e. The van der Waals surface area contributed by atoms with Crippen LogP contribution in [-0.2, 0) is 4.74 Å². The average Bonchev–Trinajstić information content (AvgIpc) is 2.72. The third-order valence-electron chi connectivity index (χ3n) is 4.79. The molecule has 3 rings (SSSR count). The zero-order chi connectivity index (χ0) is 21.3. The molecule has 0 saturated heterocycles. The molecule has 2 aromatic carbocycles. The lowest BCUT2D eigenvalue weighted by Crippen LogP contribution is -2.25. The van der Waals surface area contributed by atoms with Gasteiger partial charge in [0.15, 0.2) is 11.3 Å². The molecule has 1 aromatic heterocycles. The summed E-state index contributed by atoms with van der Waals surface area (Å²) in [6, 6.07) is 5.38. The van der Waals surface area contributed by atoms with Gasteiger partial charge in [-0.25, -0.2) is 4.79 Å². The second-order valence-electron chi connectivity index (χ2n) is 6.39. The Hall–Kier alpha value is -3.14. The minimum absolute atomic E-state index is 0.0206. The van der Waals surface area contributed by atoms with Gasteiger partial charge >= 0.3 is 5.97 Å². The Balaban J connectivity index is 2.41. The zero-order valence-corrected chi connectivity index (χ0v) is 15.7. The molecule has 0 aliphatic heterocycles. The Bertz CT molecular complexity index is 1130. The van der Waals surface area contributed by atoms with Crippen LogP contribution in [0.25, 0.3) is 21.9 Å². The lowest BCUT2D eigenvalue weighted by molar-refractivity contribution is 0.0526. The average molecular weight is 404 g/mol. The van der Waals surface area contributed by atoms with E-state index in [2.05, 4.69) is 0 Å². The van der Waals surface area contributed by atoms with Crippen molar-refractivity contribution >= 4 is 27.9 Å². The maximum atomic E-state index is 13.1. The number of aliphatic hydroxyl groups is 3. The second-order valence-corrected chi connectivity index (χ2v) is 6.39. The largest absolute Gasteiger partial charge is 0.507 e. The molecule has 0 spiro atoms. The first kappa shape index (κ1) is 20.6. The Morgan fingerprint density at radius 3 is 2.45 bits per heavy atom. The SMILES string of the molecule is COC(=O)c1ccc(OC)c2oc3cc([C@H](CO)[C@H](O)CO)cc(O)c3c(=O)c12. The Labute approximate surface area is 164 Å². The molecule has 0 aliphatic carbocycles. The molecule has 0 aliphatic rings. The summed E-state index contributed by atoms with van der Waals surface area (Å²) in [4.78, 5) is 25.2. The van der Waals surface area contributed by atoms with Crippen LogP contribution in [0.2, 0.25) is 0 Å². The Morgan fingerprint density at radius 2 is 1.86 bits per heavy atom. The Morgan fingerprint density at radius 1 is 1.14 bits per heavy atom. The number of hydrogen-bond donors (Lipinski definition) is 4. The molecule has 29 heavy (non-hydrogen) atoms. The molecule has 0 fully saturated rings. The van der Waals surface area contributed by atoms with Gasteiger partial charge in [0.1, 0.15) is 16.7 Å². The van der Waals surface area contributed by atoms with E-state index in [1.165, 1.54) is 38.5 Å². The monoisotopic (exact) mass is 404 g/mol. The van der Waals surface area contributed by atoms with Crippen molar-refractivity contribution < 1.29 is 39.1 Å². The third-order valence-corrected chi connectivity index (χ3v) is 4.79. The summed E-state index contributed by atoms with van der Waals surface area (Å²) in [6.45, 7) is -1.12. The van der Waals surface area contributed by atoms with Gasteiger partial charge in [-0.2, -0.15) is 0 Å². The highest BCUT2D eigenvalue weighted by atomic mass is 16.5. The van der Waals surface area contributed by atoms with Crippen LogP contribution >= 0.6 is 0 Å². The van der Waals surface area contributed by atoms with Gasteiger partial charge in [-0.1, -0.05) is 0 Å². The number of ether oxygens (including phenoxy) is 2. The number of phenolic OH excluding ortho intramolecular Hbond substituents is 1. The highest BCUT2D eigenvalue weighted by Gasteiger charge is 2.25. The van der Waals surface area contributed by atoms with Gasteiger partial charge in [-0.15, -0.1) is 0 Å². The van der Waals surface area contributed by atoms with Crippen molar-refractivity contribution in [2.24, 2.45) is 0 Å². The van der Waals surface area contributed by atoms with Crippen molar-refractivity contribution in [3.05, 3.63) is 45.6 Å². The summed E-state index contributed by atoms with van der Waals surface area (Å²) in [5, 5.41) is 38.8. The van der Waals surface area contributed by atoms with E-state index in [4.69, 9.17) is 13.9 Å².